The van der Waals surface area contributed by atoms with Crippen molar-refractivity contribution in [2.45, 2.75) is 65.5 Å². The van der Waals surface area contributed by atoms with E-state index in [0.717, 1.165) is 37.4 Å². The summed E-state index contributed by atoms with van der Waals surface area (Å²) in [6, 6.07) is 4.56. The molecule has 0 radical (unpaired) electrons. The fourth-order valence-electron chi connectivity index (χ4n) is 4.28. The van der Waals surface area contributed by atoms with Gasteiger partial charge in [-0.15, -0.1) is 0 Å². The minimum Gasteiger partial charge on any atom is -0.490 e. The van der Waals surface area contributed by atoms with E-state index in [4.69, 9.17) is 9.47 Å². The van der Waals surface area contributed by atoms with E-state index in [1.165, 1.54) is 30.4 Å². The Morgan fingerprint density at radius 1 is 1.11 bits per heavy atom. The zero-order chi connectivity index (χ0) is 19.2. The Labute approximate surface area is 163 Å². The monoisotopic (exact) mass is 374 g/mol. The molecule has 5 nitrogen and oxygen atoms in total. The molecule has 0 spiro atoms. The highest BCUT2D eigenvalue weighted by Gasteiger charge is 2.25. The number of amides is 1. The quantitative estimate of drug-likeness (QED) is 0.793. The summed E-state index contributed by atoms with van der Waals surface area (Å²) in [7, 11) is 0. The van der Waals surface area contributed by atoms with Crippen molar-refractivity contribution in [3.63, 3.8) is 0 Å². The highest BCUT2D eigenvalue weighted by Crippen LogP contribution is 2.34. The van der Waals surface area contributed by atoms with Gasteiger partial charge in [-0.1, -0.05) is 19.8 Å². The molecule has 1 aromatic carbocycles. The van der Waals surface area contributed by atoms with E-state index in [0.29, 0.717) is 31.7 Å². The van der Waals surface area contributed by atoms with Crippen LogP contribution in [0.2, 0.25) is 0 Å². The van der Waals surface area contributed by atoms with Crippen molar-refractivity contribution < 1.29 is 14.3 Å². The topological polar surface area (TPSA) is 50.8 Å². The average molecular weight is 375 g/mol. The number of carbonyl (C=O) groups is 1. The van der Waals surface area contributed by atoms with Crippen molar-refractivity contribution in [1.82, 2.24) is 10.2 Å². The van der Waals surface area contributed by atoms with Crippen LogP contribution in [0.3, 0.4) is 0 Å². The summed E-state index contributed by atoms with van der Waals surface area (Å²) in [5, 5.41) is 3.27. The Morgan fingerprint density at radius 2 is 1.78 bits per heavy atom. The van der Waals surface area contributed by atoms with Gasteiger partial charge in [0, 0.05) is 19.1 Å². The van der Waals surface area contributed by atoms with Gasteiger partial charge >= 0.3 is 0 Å². The first kappa shape index (κ1) is 20.0. The van der Waals surface area contributed by atoms with Gasteiger partial charge in [0.05, 0.1) is 19.8 Å². The van der Waals surface area contributed by atoms with E-state index in [-0.39, 0.29) is 5.91 Å². The molecular weight excluding hydrogens is 340 g/mol. The first-order valence-electron chi connectivity index (χ1n) is 10.5. The molecule has 0 unspecified atom stereocenters. The Hall–Kier alpha value is -1.75. The van der Waals surface area contributed by atoms with Gasteiger partial charge in [0.1, 0.15) is 0 Å². The van der Waals surface area contributed by atoms with E-state index >= 15 is 0 Å². The summed E-state index contributed by atoms with van der Waals surface area (Å²) >= 11 is 0. The van der Waals surface area contributed by atoms with Crippen molar-refractivity contribution in [1.29, 1.82) is 0 Å². The van der Waals surface area contributed by atoms with Crippen LogP contribution in [-0.4, -0.2) is 43.2 Å². The van der Waals surface area contributed by atoms with Crippen molar-refractivity contribution in [3.8, 4) is 11.5 Å². The van der Waals surface area contributed by atoms with Gasteiger partial charge in [0.15, 0.2) is 11.5 Å². The van der Waals surface area contributed by atoms with Crippen LogP contribution in [0.1, 0.15) is 57.6 Å². The highest BCUT2D eigenvalue weighted by molar-refractivity contribution is 5.78. The minimum atomic E-state index is 0.160. The lowest BCUT2D eigenvalue weighted by molar-refractivity contribution is -0.123. The van der Waals surface area contributed by atoms with Crippen molar-refractivity contribution in [2.24, 2.45) is 5.92 Å². The van der Waals surface area contributed by atoms with Crippen LogP contribution in [0.4, 0.5) is 0 Å². The minimum absolute atomic E-state index is 0.160. The van der Waals surface area contributed by atoms with Gasteiger partial charge in [0.25, 0.3) is 0 Å². The lowest BCUT2D eigenvalue weighted by Crippen LogP contribution is -2.46. The molecule has 2 atom stereocenters. The third-order valence-corrected chi connectivity index (χ3v) is 5.78. The van der Waals surface area contributed by atoms with Gasteiger partial charge < -0.3 is 14.8 Å². The molecule has 1 heterocycles. The molecule has 0 saturated heterocycles. The Kier molecular flexibility index (Phi) is 7.00. The Bertz CT molecular complexity index is 647. The third kappa shape index (κ3) is 5.16. The predicted molar refractivity (Wildman–Crippen MR) is 107 cm³/mol. The first-order chi connectivity index (χ1) is 13.1. The largest absolute Gasteiger partial charge is 0.490 e. The van der Waals surface area contributed by atoms with Crippen molar-refractivity contribution >= 4 is 5.91 Å². The summed E-state index contributed by atoms with van der Waals surface area (Å²) in [4.78, 5) is 14.8. The van der Waals surface area contributed by atoms with Crippen molar-refractivity contribution in [3.05, 3.63) is 23.3 Å². The van der Waals surface area contributed by atoms with Crippen LogP contribution in [0.15, 0.2) is 12.1 Å². The van der Waals surface area contributed by atoms with Crippen LogP contribution in [0.25, 0.3) is 0 Å². The number of hydrogen-bond donors (Lipinski definition) is 1. The molecular formula is C22H34N2O3. The predicted octanol–water partition coefficient (Wildman–Crippen LogP) is 3.54. The van der Waals surface area contributed by atoms with Crippen LogP contribution in [-0.2, 0) is 17.8 Å². The standard InChI is InChI=1S/C22H34N2O3/c1-4-26-20-12-17-10-11-24(14-18(17)13-21(20)27-5-2)15-22(25)23-19-9-7-6-8-16(19)3/h12-13,16,19H,4-11,14-15H2,1-3H3,(H,23,25)/t16-,19-/m0/s1. The van der Waals surface area contributed by atoms with E-state index in [1.54, 1.807) is 0 Å². The number of rotatable bonds is 7. The number of hydrogen-bond acceptors (Lipinski definition) is 4. The number of fused-ring (bicyclic) bond motifs is 1. The average Bonchev–Trinajstić information content (AvgIpc) is 2.64. The summed E-state index contributed by atoms with van der Waals surface area (Å²) < 4.78 is 11.5. The number of nitrogens with zero attached hydrogens (tertiary/aromatic N) is 1. The molecule has 1 aliphatic carbocycles. The van der Waals surface area contributed by atoms with E-state index in [2.05, 4.69) is 29.3 Å². The molecule has 1 fully saturated rings. The molecule has 1 aromatic rings. The zero-order valence-electron chi connectivity index (χ0n) is 17.1. The maximum absolute atomic E-state index is 12.5. The third-order valence-electron chi connectivity index (χ3n) is 5.78. The SMILES string of the molecule is CCOc1cc2c(cc1OCC)CN(CC(=O)N[C@H]1CCCC[C@@H]1C)CC2. The molecule has 0 bridgehead atoms. The lowest BCUT2D eigenvalue weighted by Gasteiger charge is -2.32. The Balaban J connectivity index is 1.61. The van der Waals surface area contributed by atoms with Gasteiger partial charge in [-0.05, 0) is 62.3 Å². The molecule has 27 heavy (non-hydrogen) atoms. The summed E-state index contributed by atoms with van der Waals surface area (Å²) in [5.74, 6) is 2.39. The number of benzene rings is 1. The molecule has 3 rings (SSSR count). The lowest BCUT2D eigenvalue weighted by atomic mass is 9.86. The summed E-state index contributed by atoms with van der Waals surface area (Å²) in [6.45, 7) is 9.64. The maximum Gasteiger partial charge on any atom is 0.234 e. The van der Waals surface area contributed by atoms with Gasteiger partial charge in [0.2, 0.25) is 5.91 Å². The first-order valence-corrected chi connectivity index (χ1v) is 10.5. The van der Waals surface area contributed by atoms with Crippen LogP contribution in [0, 0.1) is 5.92 Å². The molecule has 0 aromatic heterocycles. The van der Waals surface area contributed by atoms with Crippen LogP contribution >= 0.6 is 0 Å². The molecule has 1 aliphatic heterocycles. The second kappa shape index (κ2) is 9.45. The fraction of sp³-hybridized carbons (Fsp3) is 0.682. The number of ether oxygens (including phenoxy) is 2. The molecule has 1 N–H and O–H groups in total. The van der Waals surface area contributed by atoms with E-state index in [1.807, 2.05) is 13.8 Å². The van der Waals surface area contributed by atoms with Crippen molar-refractivity contribution in [2.75, 3.05) is 26.3 Å². The Morgan fingerprint density at radius 3 is 2.44 bits per heavy atom. The van der Waals surface area contributed by atoms with E-state index < -0.39 is 0 Å². The van der Waals surface area contributed by atoms with Gasteiger partial charge in [-0.2, -0.15) is 0 Å². The number of nitrogens with one attached hydrogen (secondary N) is 1. The maximum atomic E-state index is 12.5. The molecule has 1 amide bonds. The fourth-order valence-corrected chi connectivity index (χ4v) is 4.28. The summed E-state index contributed by atoms with van der Waals surface area (Å²) in [6.07, 6.45) is 5.81. The molecule has 150 valence electrons. The molecule has 1 saturated carbocycles. The van der Waals surface area contributed by atoms with E-state index in [9.17, 15) is 4.79 Å². The second-order valence-electron chi connectivity index (χ2n) is 7.83. The zero-order valence-corrected chi connectivity index (χ0v) is 17.1. The van der Waals surface area contributed by atoms with Gasteiger partial charge in [-0.3, -0.25) is 9.69 Å². The van der Waals surface area contributed by atoms with Gasteiger partial charge in [-0.25, -0.2) is 0 Å². The molecule has 5 heteroatoms. The van der Waals surface area contributed by atoms with Crippen LogP contribution in [0.5, 0.6) is 11.5 Å². The summed E-state index contributed by atoms with van der Waals surface area (Å²) in [5.41, 5.74) is 2.55. The molecule has 2 aliphatic rings. The highest BCUT2D eigenvalue weighted by atomic mass is 16.5. The number of carbonyl (C=O) groups excluding carboxylic acids is 1. The normalized spacial score (nSPS) is 22.8. The second-order valence-corrected chi connectivity index (χ2v) is 7.83. The smallest absolute Gasteiger partial charge is 0.234 e. The van der Waals surface area contributed by atoms with Crippen LogP contribution < -0.4 is 14.8 Å².